The first-order valence-corrected chi connectivity index (χ1v) is 14.1. The zero-order chi connectivity index (χ0) is 30.3. The van der Waals surface area contributed by atoms with E-state index in [2.05, 4.69) is 10.3 Å². The topological polar surface area (TPSA) is 123 Å². The summed E-state index contributed by atoms with van der Waals surface area (Å²) >= 11 is 0. The first-order valence-electron chi connectivity index (χ1n) is 14.1. The van der Waals surface area contributed by atoms with Crippen LogP contribution in [0.1, 0.15) is 39.9 Å². The summed E-state index contributed by atoms with van der Waals surface area (Å²) in [6.45, 7) is 0.987. The molecule has 10 nitrogen and oxygen atoms in total. The number of amides is 2. The van der Waals surface area contributed by atoms with Crippen molar-refractivity contribution in [1.82, 2.24) is 19.8 Å². The van der Waals surface area contributed by atoms with Crippen LogP contribution in [0.4, 0.5) is 9.18 Å². The number of hydrogen-bond donors (Lipinski definition) is 2. The average Bonchev–Trinajstić information content (AvgIpc) is 3.54. The smallest absolute Gasteiger partial charge is 0.409 e. The van der Waals surface area contributed by atoms with Gasteiger partial charge in [-0.25, -0.2) is 9.18 Å². The minimum Gasteiger partial charge on any atom is -0.505 e. The second kappa shape index (κ2) is 13.5. The number of pyridine rings is 2. The highest BCUT2D eigenvalue weighted by molar-refractivity contribution is 6.01. The molecule has 2 aromatic heterocycles. The molecule has 5 rings (SSSR count). The number of likely N-dealkylation sites (N-methyl/N-ethyl adjacent to an activating group) is 1. The number of aromatic hydroxyl groups is 1. The van der Waals surface area contributed by atoms with Gasteiger partial charge in [-0.3, -0.25) is 14.6 Å². The maximum absolute atomic E-state index is 13.7. The van der Waals surface area contributed by atoms with Gasteiger partial charge in [0.05, 0.1) is 11.6 Å². The van der Waals surface area contributed by atoms with Gasteiger partial charge in [0, 0.05) is 39.5 Å². The van der Waals surface area contributed by atoms with Crippen molar-refractivity contribution in [3.8, 4) is 5.75 Å². The molecule has 1 fully saturated rings. The Bertz CT molecular complexity index is 1650. The van der Waals surface area contributed by atoms with Gasteiger partial charge in [-0.1, -0.05) is 42.5 Å². The Kier molecular flexibility index (Phi) is 9.31. The molecular formula is C32H33FN4O6. The monoisotopic (exact) mass is 588 g/mol. The van der Waals surface area contributed by atoms with Crippen LogP contribution in [-0.4, -0.2) is 64.4 Å². The molecule has 1 atom stereocenters. The number of hydrogen-bond acceptors (Lipinski definition) is 7. The van der Waals surface area contributed by atoms with Gasteiger partial charge >= 0.3 is 6.09 Å². The van der Waals surface area contributed by atoms with Gasteiger partial charge in [0.1, 0.15) is 23.5 Å². The van der Waals surface area contributed by atoms with Crippen molar-refractivity contribution in [2.45, 2.75) is 38.5 Å². The molecule has 4 aromatic rings. The van der Waals surface area contributed by atoms with Crippen LogP contribution in [0.2, 0.25) is 0 Å². The first kappa shape index (κ1) is 29.7. The average molecular weight is 589 g/mol. The summed E-state index contributed by atoms with van der Waals surface area (Å²) in [5.74, 6) is -1.61. The highest BCUT2D eigenvalue weighted by Gasteiger charge is 2.25. The summed E-state index contributed by atoms with van der Waals surface area (Å²) in [6.07, 6.45) is 2.88. The van der Waals surface area contributed by atoms with Gasteiger partial charge in [-0.2, -0.15) is 0 Å². The number of nitrogens with one attached hydrogen (secondary N) is 1. The van der Waals surface area contributed by atoms with Crippen molar-refractivity contribution in [2.24, 2.45) is 0 Å². The van der Waals surface area contributed by atoms with Crippen LogP contribution < -0.4 is 10.9 Å². The maximum atomic E-state index is 13.7. The maximum Gasteiger partial charge on any atom is 0.409 e. The van der Waals surface area contributed by atoms with Crippen molar-refractivity contribution in [1.29, 1.82) is 0 Å². The van der Waals surface area contributed by atoms with Crippen LogP contribution in [0.5, 0.6) is 5.75 Å². The van der Waals surface area contributed by atoms with E-state index in [9.17, 15) is 23.9 Å². The lowest BCUT2D eigenvalue weighted by Crippen LogP contribution is -2.38. The molecule has 1 unspecified atom stereocenters. The number of halogens is 1. The summed E-state index contributed by atoms with van der Waals surface area (Å²) < 4.78 is 25.7. The largest absolute Gasteiger partial charge is 0.505 e. The standard InChI is InChI=1S/C32H33FN4O6/c1-36(32(41)43-20-22-6-3-2-4-7-22)13-14-37-26-17-23(16-21-9-11-24(33)12-10-21)18-34-28(26)29(38)27(31(37)40)30(39)35-19-25-8-5-15-42-25/h2-4,6-7,9-12,17-18,25,38H,5,8,13-16,19-20H2,1H3,(H,35,39). The van der Waals surface area contributed by atoms with E-state index in [1.54, 1.807) is 31.4 Å². The third-order valence-electron chi connectivity index (χ3n) is 7.37. The quantitative estimate of drug-likeness (QED) is 0.287. The Morgan fingerprint density at radius 2 is 1.91 bits per heavy atom. The fourth-order valence-electron chi connectivity index (χ4n) is 4.98. The van der Waals surface area contributed by atoms with Gasteiger partial charge in [0.25, 0.3) is 11.5 Å². The molecule has 2 amide bonds. The van der Waals surface area contributed by atoms with E-state index in [4.69, 9.17) is 9.47 Å². The minimum absolute atomic E-state index is 0.000246. The second-order valence-electron chi connectivity index (χ2n) is 10.5. The van der Waals surface area contributed by atoms with Crippen LogP contribution in [0.25, 0.3) is 11.0 Å². The number of nitrogens with zero attached hydrogens (tertiary/aromatic N) is 3. The van der Waals surface area contributed by atoms with Crippen LogP contribution in [0.15, 0.2) is 71.7 Å². The summed E-state index contributed by atoms with van der Waals surface area (Å²) in [5.41, 5.74) is 1.58. The normalized spacial score (nSPS) is 14.5. The first-order chi connectivity index (χ1) is 20.8. The number of carbonyl (C=O) groups excluding carboxylic acids is 2. The minimum atomic E-state index is -0.735. The lowest BCUT2D eigenvalue weighted by atomic mass is 10.1. The molecule has 0 radical (unpaired) electrons. The zero-order valence-electron chi connectivity index (χ0n) is 23.8. The number of aromatic nitrogens is 2. The molecule has 43 heavy (non-hydrogen) atoms. The molecule has 1 aliphatic rings. The van der Waals surface area contributed by atoms with Crippen molar-refractivity contribution < 1.29 is 28.6 Å². The number of benzene rings is 2. The molecule has 1 aliphatic heterocycles. The Balaban J connectivity index is 1.42. The van der Waals surface area contributed by atoms with Gasteiger partial charge in [0.15, 0.2) is 5.75 Å². The van der Waals surface area contributed by atoms with E-state index in [-0.39, 0.29) is 43.7 Å². The number of rotatable bonds is 10. The van der Waals surface area contributed by atoms with Gasteiger partial charge in [-0.15, -0.1) is 0 Å². The fourth-order valence-corrected chi connectivity index (χ4v) is 4.98. The molecule has 1 saturated heterocycles. The number of carbonyl (C=O) groups is 2. The predicted molar refractivity (Wildman–Crippen MR) is 157 cm³/mol. The third-order valence-corrected chi connectivity index (χ3v) is 7.37. The molecule has 2 N–H and O–H groups in total. The van der Waals surface area contributed by atoms with E-state index in [1.165, 1.54) is 21.6 Å². The van der Waals surface area contributed by atoms with Crippen molar-refractivity contribution in [3.63, 3.8) is 0 Å². The molecular weight excluding hydrogens is 555 g/mol. The third kappa shape index (κ3) is 7.18. The van der Waals surface area contributed by atoms with Crippen LogP contribution in [-0.2, 0) is 29.0 Å². The van der Waals surface area contributed by atoms with E-state index >= 15 is 0 Å². The molecule has 224 valence electrons. The summed E-state index contributed by atoms with van der Waals surface area (Å²) in [6, 6.07) is 17.0. The highest BCUT2D eigenvalue weighted by Crippen LogP contribution is 2.26. The molecule has 2 aromatic carbocycles. The van der Waals surface area contributed by atoms with Crippen LogP contribution in [0.3, 0.4) is 0 Å². The lowest BCUT2D eigenvalue weighted by molar-refractivity contribution is 0.0853. The zero-order valence-corrected chi connectivity index (χ0v) is 23.8. The van der Waals surface area contributed by atoms with Crippen molar-refractivity contribution in [3.05, 3.63) is 105 Å². The van der Waals surface area contributed by atoms with E-state index in [1.807, 2.05) is 30.3 Å². The van der Waals surface area contributed by atoms with E-state index in [0.29, 0.717) is 24.1 Å². The Morgan fingerprint density at radius 3 is 2.63 bits per heavy atom. The molecule has 0 saturated carbocycles. The number of ether oxygens (including phenoxy) is 2. The van der Waals surface area contributed by atoms with Crippen LogP contribution >= 0.6 is 0 Å². The summed E-state index contributed by atoms with van der Waals surface area (Å²) in [5, 5.41) is 13.8. The second-order valence-corrected chi connectivity index (χ2v) is 10.5. The Morgan fingerprint density at radius 1 is 1.14 bits per heavy atom. The Labute approximate surface area is 247 Å². The molecule has 11 heteroatoms. The highest BCUT2D eigenvalue weighted by atomic mass is 19.1. The molecule has 0 spiro atoms. The molecule has 0 aliphatic carbocycles. The van der Waals surface area contributed by atoms with Crippen molar-refractivity contribution >= 4 is 23.0 Å². The number of fused-ring (bicyclic) bond motifs is 1. The molecule has 0 bridgehead atoms. The Hall–Kier alpha value is -4.77. The molecule has 3 heterocycles. The van der Waals surface area contributed by atoms with Crippen molar-refractivity contribution in [2.75, 3.05) is 26.7 Å². The lowest BCUT2D eigenvalue weighted by Gasteiger charge is -2.20. The SMILES string of the molecule is CN(CCn1c(=O)c(C(=O)NCC2CCCO2)c(O)c2ncc(Cc3ccc(F)cc3)cc21)C(=O)OCc1ccccc1. The summed E-state index contributed by atoms with van der Waals surface area (Å²) in [4.78, 5) is 45.3. The van der Waals surface area contributed by atoms with Gasteiger partial charge in [-0.05, 0) is 54.2 Å². The van der Waals surface area contributed by atoms with Gasteiger partial charge < -0.3 is 29.4 Å². The van der Waals surface area contributed by atoms with E-state index in [0.717, 1.165) is 24.0 Å². The van der Waals surface area contributed by atoms with E-state index < -0.39 is 28.9 Å². The fraction of sp³-hybridized carbons (Fsp3) is 0.312. The van der Waals surface area contributed by atoms with Gasteiger partial charge in [0.2, 0.25) is 0 Å². The predicted octanol–water partition coefficient (Wildman–Crippen LogP) is 4.01. The summed E-state index contributed by atoms with van der Waals surface area (Å²) in [7, 11) is 1.55. The van der Waals surface area contributed by atoms with Crippen LogP contribution in [0, 0.1) is 5.82 Å².